The molecule has 1 aromatic carbocycles. The molecule has 0 aromatic heterocycles. The maximum Gasteiger partial charge on any atom is 0.271 e. The summed E-state index contributed by atoms with van der Waals surface area (Å²) in [5, 5.41) is 31.6. The highest BCUT2D eigenvalue weighted by molar-refractivity contribution is 5.70. The largest absolute Gasteiger partial charge is 0.397 e. The van der Waals surface area contributed by atoms with Crippen LogP contribution in [-0.2, 0) is 0 Å². The summed E-state index contributed by atoms with van der Waals surface area (Å²) in [7, 11) is 0. The van der Waals surface area contributed by atoms with Crippen molar-refractivity contribution in [1.29, 1.82) is 0 Å². The van der Waals surface area contributed by atoms with Gasteiger partial charge in [-0.2, -0.15) is 0 Å². The Hall–Kier alpha value is -1.86. The Morgan fingerprint density at radius 1 is 1.47 bits per heavy atom. The maximum absolute atomic E-state index is 10.5. The molecule has 0 heterocycles. The Bertz CT molecular complexity index is 418. The third-order valence-electron chi connectivity index (χ3n) is 2.38. The number of nitrogens with two attached hydrogens (primary N) is 1. The third kappa shape index (κ3) is 3.05. The molecule has 0 bridgehead atoms. The Morgan fingerprint density at radius 2 is 2.06 bits per heavy atom. The van der Waals surface area contributed by atoms with Crippen molar-refractivity contribution in [2.45, 2.75) is 12.5 Å². The van der Waals surface area contributed by atoms with Crippen molar-refractivity contribution in [3.8, 4) is 0 Å². The smallest absolute Gasteiger partial charge is 0.271 e. The summed E-state index contributed by atoms with van der Waals surface area (Å²) in [6.45, 7) is 1.02. The Morgan fingerprint density at radius 3 is 2.47 bits per heavy atom. The van der Waals surface area contributed by atoms with Crippen molar-refractivity contribution in [2.75, 3.05) is 24.3 Å². The molecule has 0 aliphatic carbocycles. The number of benzene rings is 1. The van der Waals surface area contributed by atoms with Gasteiger partial charge in [0.25, 0.3) is 5.69 Å². The zero-order valence-electron chi connectivity index (χ0n) is 9.38. The average molecular weight is 241 g/mol. The highest BCUT2D eigenvalue weighted by Gasteiger charge is 2.23. The van der Waals surface area contributed by atoms with E-state index in [1.54, 1.807) is 6.92 Å². The number of anilines is 2. The zero-order chi connectivity index (χ0) is 13.1. The van der Waals surface area contributed by atoms with Gasteiger partial charge in [-0.25, -0.2) is 0 Å². The molecule has 0 unspecified atom stereocenters. The van der Waals surface area contributed by atoms with Crippen LogP contribution in [0.1, 0.15) is 6.92 Å². The molecule has 0 fully saturated rings. The second-order valence-electron chi connectivity index (χ2n) is 4.03. The summed E-state index contributed by atoms with van der Waals surface area (Å²) >= 11 is 0. The molecule has 17 heavy (non-hydrogen) atoms. The van der Waals surface area contributed by atoms with Gasteiger partial charge in [0.15, 0.2) is 0 Å². The van der Waals surface area contributed by atoms with Crippen molar-refractivity contribution in [1.82, 2.24) is 0 Å². The van der Waals surface area contributed by atoms with E-state index in [0.29, 0.717) is 5.69 Å². The first-order chi connectivity index (χ1) is 7.91. The number of aliphatic hydroxyl groups excluding tert-OH is 2. The molecule has 94 valence electrons. The molecular weight excluding hydrogens is 226 g/mol. The number of nitrogen functional groups attached to an aromatic ring is 1. The van der Waals surface area contributed by atoms with E-state index in [1.165, 1.54) is 18.2 Å². The number of nitro benzene ring substituents is 1. The molecule has 7 heteroatoms. The van der Waals surface area contributed by atoms with Gasteiger partial charge in [0.05, 0.1) is 35.1 Å². The van der Waals surface area contributed by atoms with Crippen LogP contribution in [0.25, 0.3) is 0 Å². The number of hydrogen-bond acceptors (Lipinski definition) is 6. The molecule has 7 nitrogen and oxygen atoms in total. The number of nitrogens with one attached hydrogen (secondary N) is 1. The van der Waals surface area contributed by atoms with Gasteiger partial charge in [-0.1, -0.05) is 0 Å². The van der Waals surface area contributed by atoms with Crippen LogP contribution >= 0.6 is 0 Å². The van der Waals surface area contributed by atoms with Gasteiger partial charge in [0.2, 0.25) is 0 Å². The van der Waals surface area contributed by atoms with Gasteiger partial charge >= 0.3 is 0 Å². The zero-order valence-corrected chi connectivity index (χ0v) is 9.38. The lowest BCUT2D eigenvalue weighted by Gasteiger charge is -2.28. The van der Waals surface area contributed by atoms with Gasteiger partial charge in [-0.3, -0.25) is 10.1 Å². The van der Waals surface area contributed by atoms with Crippen molar-refractivity contribution in [3.05, 3.63) is 28.3 Å². The summed E-state index contributed by atoms with van der Waals surface area (Å²) in [5.74, 6) is 0. The second-order valence-corrected chi connectivity index (χ2v) is 4.03. The number of hydrogen-bond donors (Lipinski definition) is 4. The van der Waals surface area contributed by atoms with Crippen LogP contribution in [0.15, 0.2) is 18.2 Å². The first-order valence-corrected chi connectivity index (χ1v) is 4.96. The molecule has 1 rings (SSSR count). The van der Waals surface area contributed by atoms with Gasteiger partial charge < -0.3 is 21.3 Å². The lowest BCUT2D eigenvalue weighted by atomic mass is 10.0. The first-order valence-electron chi connectivity index (χ1n) is 4.96. The highest BCUT2D eigenvalue weighted by atomic mass is 16.6. The summed E-state index contributed by atoms with van der Waals surface area (Å²) in [4.78, 5) is 9.97. The standard InChI is InChI=1S/C10H15N3O4/c1-10(5-14,6-15)12-9-3-2-7(13(16)17)4-8(9)11/h2-4,12,14-15H,5-6,11H2,1H3. The molecule has 0 saturated carbocycles. The van der Waals surface area contributed by atoms with E-state index in [2.05, 4.69) is 5.32 Å². The van der Waals surface area contributed by atoms with Crippen LogP contribution < -0.4 is 11.1 Å². The van der Waals surface area contributed by atoms with E-state index in [1.807, 2.05) is 0 Å². The van der Waals surface area contributed by atoms with Crippen LogP contribution in [0.3, 0.4) is 0 Å². The maximum atomic E-state index is 10.5. The summed E-state index contributed by atoms with van der Waals surface area (Å²) < 4.78 is 0. The monoisotopic (exact) mass is 241 g/mol. The minimum atomic E-state index is -0.926. The van der Waals surface area contributed by atoms with Crippen LogP contribution in [-0.4, -0.2) is 33.9 Å². The topological polar surface area (TPSA) is 122 Å². The Balaban J connectivity index is 2.97. The van der Waals surface area contributed by atoms with E-state index in [-0.39, 0.29) is 24.6 Å². The molecule has 5 N–H and O–H groups in total. The molecule has 1 aromatic rings. The fourth-order valence-corrected chi connectivity index (χ4v) is 1.23. The fraction of sp³-hybridized carbons (Fsp3) is 0.400. The van der Waals surface area contributed by atoms with Gasteiger partial charge in [0.1, 0.15) is 0 Å². The molecule has 0 saturated heterocycles. The Kier molecular flexibility index (Phi) is 3.87. The van der Waals surface area contributed by atoms with Crippen molar-refractivity contribution in [2.24, 2.45) is 0 Å². The van der Waals surface area contributed by atoms with Crippen molar-refractivity contribution >= 4 is 17.1 Å². The third-order valence-corrected chi connectivity index (χ3v) is 2.38. The van der Waals surface area contributed by atoms with Gasteiger partial charge in [0, 0.05) is 12.1 Å². The van der Waals surface area contributed by atoms with E-state index in [9.17, 15) is 10.1 Å². The second kappa shape index (κ2) is 4.98. The van der Waals surface area contributed by atoms with Gasteiger partial charge in [-0.05, 0) is 13.0 Å². The summed E-state index contributed by atoms with van der Waals surface area (Å²) in [6, 6.07) is 3.96. The summed E-state index contributed by atoms with van der Waals surface area (Å²) in [6.07, 6.45) is 0. The molecule has 0 atom stereocenters. The number of rotatable bonds is 5. The van der Waals surface area contributed by atoms with Gasteiger partial charge in [-0.15, -0.1) is 0 Å². The van der Waals surface area contributed by atoms with Crippen molar-refractivity contribution in [3.63, 3.8) is 0 Å². The van der Waals surface area contributed by atoms with Crippen LogP contribution in [0.5, 0.6) is 0 Å². The van der Waals surface area contributed by atoms with E-state index in [4.69, 9.17) is 15.9 Å². The van der Waals surface area contributed by atoms with E-state index >= 15 is 0 Å². The molecule has 0 aliphatic heterocycles. The lowest BCUT2D eigenvalue weighted by Crippen LogP contribution is -2.42. The SMILES string of the molecule is CC(CO)(CO)Nc1ccc([N+](=O)[O-])cc1N. The first kappa shape index (κ1) is 13.2. The number of nitro groups is 1. The minimum Gasteiger partial charge on any atom is -0.397 e. The molecular formula is C10H15N3O4. The number of nitrogens with zero attached hydrogens (tertiary/aromatic N) is 1. The normalized spacial score (nSPS) is 11.2. The fourth-order valence-electron chi connectivity index (χ4n) is 1.23. The van der Waals surface area contributed by atoms with E-state index < -0.39 is 10.5 Å². The van der Waals surface area contributed by atoms with Crippen LogP contribution in [0.4, 0.5) is 17.1 Å². The Labute approximate surface area is 98.0 Å². The highest BCUT2D eigenvalue weighted by Crippen LogP contribution is 2.26. The number of non-ortho nitro benzene ring substituents is 1. The minimum absolute atomic E-state index is 0.109. The molecule has 0 spiro atoms. The van der Waals surface area contributed by atoms with Crippen molar-refractivity contribution < 1.29 is 15.1 Å². The average Bonchev–Trinajstić information content (AvgIpc) is 2.31. The predicted octanol–water partition coefficient (Wildman–Crippen LogP) is 0.332. The van der Waals surface area contributed by atoms with Crippen LogP contribution in [0.2, 0.25) is 0 Å². The quantitative estimate of drug-likeness (QED) is 0.335. The molecule has 0 radical (unpaired) electrons. The predicted molar refractivity (Wildman–Crippen MR) is 63.7 cm³/mol. The molecule has 0 aliphatic rings. The number of aliphatic hydroxyl groups is 2. The van der Waals surface area contributed by atoms with E-state index in [0.717, 1.165) is 0 Å². The summed E-state index contributed by atoms with van der Waals surface area (Å²) in [5.41, 5.74) is 5.23. The van der Waals surface area contributed by atoms with Crippen LogP contribution in [0, 0.1) is 10.1 Å². The molecule has 0 amide bonds. The lowest BCUT2D eigenvalue weighted by molar-refractivity contribution is -0.384.